The minimum Gasteiger partial charge on any atom is -0.469 e. The second-order valence-corrected chi connectivity index (χ2v) is 4.53. The van der Waals surface area contributed by atoms with Crippen LogP contribution >= 0.6 is 0 Å². The largest absolute Gasteiger partial charge is 0.469 e. The van der Waals surface area contributed by atoms with E-state index in [1.54, 1.807) is 0 Å². The Morgan fingerprint density at radius 1 is 1.27 bits per heavy atom. The van der Waals surface area contributed by atoms with Crippen LogP contribution in [-0.2, 0) is 9.53 Å². The molecule has 0 heterocycles. The average Bonchev–Trinajstić information content (AvgIpc) is 2.27. The Kier molecular flexibility index (Phi) is 2.94. The molecule has 0 aromatic carbocycles. The van der Waals surface area contributed by atoms with Crippen molar-refractivity contribution in [1.29, 1.82) is 0 Å². The Morgan fingerprint density at radius 2 is 2.07 bits per heavy atom. The number of hydrogen-bond donors (Lipinski definition) is 0. The second-order valence-electron chi connectivity index (χ2n) is 4.53. The predicted octanol–water partition coefficient (Wildman–Crippen LogP) is 2.56. The first-order valence-corrected chi connectivity index (χ1v) is 5.67. The zero-order valence-electron chi connectivity index (χ0n) is 9.35. The predicted molar refractivity (Wildman–Crippen MR) is 59.2 cm³/mol. The van der Waals surface area contributed by atoms with E-state index in [0.29, 0.717) is 17.8 Å². The smallest absolute Gasteiger partial charge is 0.309 e. The quantitative estimate of drug-likeness (QED) is 0.512. The Bertz CT molecular complexity index is 304. The molecule has 3 unspecified atom stereocenters. The fraction of sp³-hybridized carbons (Fsp3) is 0.615. The maximum absolute atomic E-state index is 11.6. The molecule has 0 radical (unpaired) electrons. The molecule has 15 heavy (non-hydrogen) atoms. The van der Waals surface area contributed by atoms with Crippen LogP contribution in [0.5, 0.6) is 0 Å². The Hall–Kier alpha value is -1.05. The monoisotopic (exact) mass is 206 g/mol. The molecule has 0 aliphatic heterocycles. The van der Waals surface area contributed by atoms with E-state index in [1.807, 2.05) is 0 Å². The first kappa shape index (κ1) is 10.5. The van der Waals surface area contributed by atoms with Crippen molar-refractivity contribution in [2.24, 2.45) is 23.7 Å². The van der Waals surface area contributed by atoms with E-state index in [-0.39, 0.29) is 11.9 Å². The first-order chi connectivity index (χ1) is 7.24. The van der Waals surface area contributed by atoms with Crippen molar-refractivity contribution in [2.45, 2.75) is 19.8 Å². The van der Waals surface area contributed by atoms with Gasteiger partial charge < -0.3 is 4.74 Å². The SMILES string of the molecule is COC(=O)C1CCC=C[C@H]1C1C=CC1C. The number of allylic oxidation sites excluding steroid dienone is 4. The standard InChI is InChI=1S/C13H18O2/c1-9-7-8-10(9)11-5-3-4-6-12(11)13(14)15-2/h3,5,7-12H,4,6H2,1-2H3/t9?,10?,11-,12?/m0/s1. The maximum Gasteiger partial charge on any atom is 0.309 e. The molecule has 0 aromatic heterocycles. The molecule has 2 heteroatoms. The van der Waals surface area contributed by atoms with Gasteiger partial charge in [-0.3, -0.25) is 4.79 Å². The fourth-order valence-electron chi connectivity index (χ4n) is 2.62. The van der Waals surface area contributed by atoms with Crippen LogP contribution in [0, 0.1) is 23.7 Å². The summed E-state index contributed by atoms with van der Waals surface area (Å²) >= 11 is 0. The van der Waals surface area contributed by atoms with Gasteiger partial charge in [-0.1, -0.05) is 31.2 Å². The van der Waals surface area contributed by atoms with Gasteiger partial charge in [-0.05, 0) is 30.6 Å². The molecule has 0 saturated heterocycles. The summed E-state index contributed by atoms with van der Waals surface area (Å²) in [6.07, 6.45) is 10.8. The van der Waals surface area contributed by atoms with Crippen molar-refractivity contribution in [3.63, 3.8) is 0 Å². The lowest BCUT2D eigenvalue weighted by molar-refractivity contribution is -0.148. The van der Waals surface area contributed by atoms with Gasteiger partial charge in [-0.2, -0.15) is 0 Å². The third-order valence-corrected chi connectivity index (χ3v) is 3.66. The molecule has 0 N–H and O–H groups in total. The summed E-state index contributed by atoms with van der Waals surface area (Å²) in [6, 6.07) is 0. The van der Waals surface area contributed by atoms with Gasteiger partial charge in [-0.15, -0.1) is 0 Å². The lowest BCUT2D eigenvalue weighted by Crippen LogP contribution is -2.35. The summed E-state index contributed by atoms with van der Waals surface area (Å²) < 4.78 is 4.88. The van der Waals surface area contributed by atoms with Crippen LogP contribution in [0.4, 0.5) is 0 Å². The minimum atomic E-state index is -0.0446. The van der Waals surface area contributed by atoms with Crippen molar-refractivity contribution in [2.75, 3.05) is 7.11 Å². The summed E-state index contributed by atoms with van der Waals surface area (Å²) in [4.78, 5) is 11.6. The number of hydrogen-bond acceptors (Lipinski definition) is 2. The van der Waals surface area contributed by atoms with Gasteiger partial charge in [0.15, 0.2) is 0 Å². The molecule has 0 amide bonds. The number of carbonyl (C=O) groups excluding carboxylic acids is 1. The summed E-state index contributed by atoms with van der Waals surface area (Å²) in [7, 11) is 1.48. The van der Waals surface area contributed by atoms with Crippen LogP contribution < -0.4 is 0 Å². The molecule has 2 rings (SSSR count). The number of carbonyl (C=O) groups is 1. The third-order valence-electron chi connectivity index (χ3n) is 3.66. The molecule has 2 aliphatic carbocycles. The molecular formula is C13H18O2. The van der Waals surface area contributed by atoms with Gasteiger partial charge in [0, 0.05) is 0 Å². The van der Waals surface area contributed by atoms with Crippen LogP contribution in [0.25, 0.3) is 0 Å². The maximum atomic E-state index is 11.6. The van der Waals surface area contributed by atoms with E-state index in [4.69, 9.17) is 4.74 Å². The van der Waals surface area contributed by atoms with Gasteiger partial charge in [0.25, 0.3) is 0 Å². The van der Waals surface area contributed by atoms with Crippen molar-refractivity contribution >= 4 is 5.97 Å². The normalized spacial score (nSPS) is 38.5. The fourth-order valence-corrected chi connectivity index (χ4v) is 2.62. The van der Waals surface area contributed by atoms with Gasteiger partial charge in [-0.25, -0.2) is 0 Å². The highest BCUT2D eigenvalue weighted by atomic mass is 16.5. The van der Waals surface area contributed by atoms with Crippen LogP contribution in [0.3, 0.4) is 0 Å². The first-order valence-electron chi connectivity index (χ1n) is 5.67. The number of methoxy groups -OCH3 is 1. The summed E-state index contributed by atoms with van der Waals surface area (Å²) in [5, 5.41) is 0. The average molecular weight is 206 g/mol. The highest BCUT2D eigenvalue weighted by Crippen LogP contribution is 2.40. The molecule has 0 bridgehead atoms. The third kappa shape index (κ3) is 1.85. The molecule has 2 aliphatic rings. The Morgan fingerprint density at radius 3 is 2.60 bits per heavy atom. The van der Waals surface area contributed by atoms with Gasteiger partial charge in [0.05, 0.1) is 13.0 Å². The second kappa shape index (κ2) is 4.21. The number of esters is 1. The van der Waals surface area contributed by atoms with Gasteiger partial charge >= 0.3 is 5.97 Å². The van der Waals surface area contributed by atoms with Crippen molar-refractivity contribution in [1.82, 2.24) is 0 Å². The highest BCUT2D eigenvalue weighted by Gasteiger charge is 2.37. The Labute approximate surface area is 91.0 Å². The van der Waals surface area contributed by atoms with Crippen LogP contribution in [0.1, 0.15) is 19.8 Å². The number of rotatable bonds is 2. The van der Waals surface area contributed by atoms with E-state index in [9.17, 15) is 4.79 Å². The number of ether oxygens (including phenoxy) is 1. The molecule has 4 atom stereocenters. The lowest BCUT2D eigenvalue weighted by atomic mass is 9.67. The van der Waals surface area contributed by atoms with Crippen LogP contribution in [0.15, 0.2) is 24.3 Å². The van der Waals surface area contributed by atoms with Crippen molar-refractivity contribution in [3.8, 4) is 0 Å². The lowest BCUT2D eigenvalue weighted by Gasteiger charge is -2.37. The zero-order chi connectivity index (χ0) is 10.8. The van der Waals surface area contributed by atoms with Crippen molar-refractivity contribution in [3.05, 3.63) is 24.3 Å². The molecular weight excluding hydrogens is 188 g/mol. The highest BCUT2D eigenvalue weighted by molar-refractivity contribution is 5.73. The van der Waals surface area contributed by atoms with Crippen molar-refractivity contribution < 1.29 is 9.53 Å². The van der Waals surface area contributed by atoms with Gasteiger partial charge in [0.2, 0.25) is 0 Å². The van der Waals surface area contributed by atoms with E-state index >= 15 is 0 Å². The van der Waals surface area contributed by atoms with E-state index in [2.05, 4.69) is 31.2 Å². The van der Waals surface area contributed by atoms with E-state index < -0.39 is 0 Å². The zero-order valence-corrected chi connectivity index (χ0v) is 9.35. The van der Waals surface area contributed by atoms with Crippen LogP contribution in [0.2, 0.25) is 0 Å². The summed E-state index contributed by atoms with van der Waals surface area (Å²) in [5.74, 6) is 1.51. The molecule has 0 aromatic rings. The van der Waals surface area contributed by atoms with Gasteiger partial charge in [0.1, 0.15) is 0 Å². The Balaban J connectivity index is 2.12. The molecule has 0 spiro atoms. The van der Waals surface area contributed by atoms with E-state index in [0.717, 1.165) is 12.8 Å². The minimum absolute atomic E-state index is 0.0446. The molecule has 0 saturated carbocycles. The summed E-state index contributed by atoms with van der Waals surface area (Å²) in [5.41, 5.74) is 0. The topological polar surface area (TPSA) is 26.3 Å². The molecule has 0 fully saturated rings. The molecule has 2 nitrogen and oxygen atoms in total. The van der Waals surface area contributed by atoms with Crippen LogP contribution in [-0.4, -0.2) is 13.1 Å². The van der Waals surface area contributed by atoms with E-state index in [1.165, 1.54) is 7.11 Å². The molecule has 82 valence electrons. The summed E-state index contributed by atoms with van der Waals surface area (Å²) in [6.45, 7) is 2.21.